The van der Waals surface area contributed by atoms with E-state index in [1.165, 1.54) is 4.52 Å². The molecule has 9 heteroatoms. The van der Waals surface area contributed by atoms with Crippen molar-refractivity contribution in [2.75, 3.05) is 5.32 Å². The first-order valence-corrected chi connectivity index (χ1v) is 12.0. The fourth-order valence-electron chi connectivity index (χ4n) is 3.32. The lowest BCUT2D eigenvalue weighted by Crippen LogP contribution is -2.30. The summed E-state index contributed by atoms with van der Waals surface area (Å²) in [6, 6.07) is 16.8. The predicted molar refractivity (Wildman–Crippen MR) is 134 cm³/mol. The molecule has 176 valence electrons. The number of nitrogens with one attached hydrogen (secondary N) is 1. The molecule has 34 heavy (non-hydrogen) atoms. The highest BCUT2D eigenvalue weighted by Gasteiger charge is 2.15. The van der Waals surface area contributed by atoms with E-state index in [0.717, 1.165) is 10.5 Å². The van der Waals surface area contributed by atoms with Gasteiger partial charge in [-0.1, -0.05) is 17.7 Å². The van der Waals surface area contributed by atoms with Crippen molar-refractivity contribution >= 4 is 29.1 Å². The van der Waals surface area contributed by atoms with E-state index in [1.807, 2.05) is 69.3 Å². The van der Waals surface area contributed by atoms with Crippen LogP contribution in [0, 0.1) is 6.92 Å². The number of rotatable bonds is 8. The van der Waals surface area contributed by atoms with E-state index < -0.39 is 6.10 Å². The maximum absolute atomic E-state index is 12.5. The molecule has 4 rings (SSSR count). The molecule has 0 fully saturated rings. The van der Waals surface area contributed by atoms with Crippen LogP contribution in [0.3, 0.4) is 0 Å². The number of nitrogens with zero attached hydrogens (tertiary/aromatic N) is 4. The Labute approximate surface area is 202 Å². The van der Waals surface area contributed by atoms with Gasteiger partial charge in [-0.15, -0.1) is 11.8 Å². The Kier molecular flexibility index (Phi) is 7.02. The quantitative estimate of drug-likeness (QED) is 0.376. The van der Waals surface area contributed by atoms with Gasteiger partial charge in [0.25, 0.3) is 17.2 Å². The molecule has 0 unspecified atom stereocenters. The van der Waals surface area contributed by atoms with Crippen LogP contribution < -0.4 is 15.6 Å². The molecule has 0 radical (unpaired) electrons. The van der Waals surface area contributed by atoms with E-state index in [1.54, 1.807) is 35.8 Å². The van der Waals surface area contributed by atoms with Crippen molar-refractivity contribution < 1.29 is 9.53 Å². The number of fused-ring (bicyclic) bond motifs is 1. The number of anilines is 1. The number of benzene rings is 2. The summed E-state index contributed by atoms with van der Waals surface area (Å²) in [5.74, 6) is 1.37. The summed E-state index contributed by atoms with van der Waals surface area (Å²) in [5, 5.41) is 2.87. The fraction of sp³-hybridized carbons (Fsp3) is 0.280. The third-order valence-corrected chi connectivity index (χ3v) is 6.24. The van der Waals surface area contributed by atoms with Gasteiger partial charge in [0.05, 0.1) is 5.69 Å². The van der Waals surface area contributed by atoms with Crippen LogP contribution in [0.1, 0.15) is 38.1 Å². The number of ether oxygens (including phenoxy) is 1. The molecule has 2 aromatic carbocycles. The van der Waals surface area contributed by atoms with Gasteiger partial charge < -0.3 is 10.1 Å². The van der Waals surface area contributed by atoms with Crippen molar-refractivity contribution in [3.63, 3.8) is 0 Å². The SMILES string of the molecule is Cc1ccc(O[C@H](C)C(=O)Nc2ccc(SCc3cc(=O)n4c(ncn4C(C)C)n3)cc2)cc1. The van der Waals surface area contributed by atoms with Gasteiger partial charge in [-0.05, 0) is 64.1 Å². The summed E-state index contributed by atoms with van der Waals surface area (Å²) in [7, 11) is 0. The van der Waals surface area contributed by atoms with Gasteiger partial charge in [-0.2, -0.15) is 9.50 Å². The highest BCUT2D eigenvalue weighted by atomic mass is 32.2. The molecular weight excluding hydrogens is 450 g/mol. The van der Waals surface area contributed by atoms with Crippen LogP contribution in [0.5, 0.6) is 5.75 Å². The van der Waals surface area contributed by atoms with E-state index in [9.17, 15) is 9.59 Å². The Hall–Kier alpha value is -3.59. The third-order valence-electron chi connectivity index (χ3n) is 5.20. The Morgan fingerprint density at radius 2 is 1.79 bits per heavy atom. The maximum Gasteiger partial charge on any atom is 0.274 e. The van der Waals surface area contributed by atoms with Crippen molar-refractivity contribution in [2.24, 2.45) is 0 Å². The molecule has 1 N–H and O–H groups in total. The van der Waals surface area contributed by atoms with Gasteiger partial charge in [0.2, 0.25) is 0 Å². The molecule has 2 aromatic heterocycles. The number of amides is 1. The minimum Gasteiger partial charge on any atom is -0.481 e. The second-order valence-electron chi connectivity index (χ2n) is 8.29. The fourth-order valence-corrected chi connectivity index (χ4v) is 4.11. The average molecular weight is 478 g/mol. The first-order chi connectivity index (χ1) is 16.3. The monoisotopic (exact) mass is 477 g/mol. The number of aryl methyl sites for hydroxylation is 1. The largest absolute Gasteiger partial charge is 0.481 e. The number of hydrogen-bond acceptors (Lipinski definition) is 6. The van der Waals surface area contributed by atoms with E-state index in [4.69, 9.17) is 4.74 Å². The second kappa shape index (κ2) is 10.1. The van der Waals surface area contributed by atoms with Crippen LogP contribution >= 0.6 is 11.8 Å². The number of aromatic nitrogens is 4. The Bertz CT molecular complexity index is 1340. The number of carbonyl (C=O) groups is 1. The summed E-state index contributed by atoms with van der Waals surface area (Å²) in [6.07, 6.45) is 1.00. The standard InChI is InChI=1S/C25H27N5O3S/c1-16(2)29-15-26-25-28-20(13-23(31)30(25)29)14-34-22-11-7-19(8-12-22)27-24(32)18(4)33-21-9-5-17(3)6-10-21/h5-13,15-16,18H,14H2,1-4H3,(H,27,32)/t18-/m1/s1. The van der Waals surface area contributed by atoms with Crippen LogP contribution in [-0.4, -0.2) is 31.2 Å². The van der Waals surface area contributed by atoms with E-state index in [0.29, 0.717) is 28.7 Å². The molecule has 0 bridgehead atoms. The minimum absolute atomic E-state index is 0.112. The number of carbonyl (C=O) groups excluding carboxylic acids is 1. The number of hydrogen-bond donors (Lipinski definition) is 1. The summed E-state index contributed by atoms with van der Waals surface area (Å²) in [6.45, 7) is 7.69. The molecule has 2 heterocycles. The summed E-state index contributed by atoms with van der Waals surface area (Å²) < 4.78 is 8.96. The zero-order valence-electron chi connectivity index (χ0n) is 19.6. The molecule has 0 aliphatic rings. The van der Waals surface area contributed by atoms with Crippen molar-refractivity contribution in [3.8, 4) is 5.75 Å². The lowest BCUT2D eigenvalue weighted by Gasteiger charge is -2.15. The molecule has 0 spiro atoms. The van der Waals surface area contributed by atoms with Gasteiger partial charge in [-0.25, -0.2) is 4.98 Å². The molecule has 1 atom stereocenters. The van der Waals surface area contributed by atoms with Crippen LogP contribution in [0.15, 0.2) is 70.6 Å². The summed E-state index contributed by atoms with van der Waals surface area (Å²) >= 11 is 1.56. The zero-order chi connectivity index (χ0) is 24.2. The van der Waals surface area contributed by atoms with Gasteiger partial charge in [0, 0.05) is 28.4 Å². The zero-order valence-corrected chi connectivity index (χ0v) is 20.4. The first-order valence-electron chi connectivity index (χ1n) is 11.0. The average Bonchev–Trinajstić information content (AvgIpc) is 3.25. The van der Waals surface area contributed by atoms with Crippen molar-refractivity contribution in [3.05, 3.63) is 82.5 Å². The maximum atomic E-state index is 12.5. The highest BCUT2D eigenvalue weighted by Crippen LogP contribution is 2.24. The van der Waals surface area contributed by atoms with E-state index in [2.05, 4.69) is 15.3 Å². The Morgan fingerprint density at radius 1 is 1.09 bits per heavy atom. The lowest BCUT2D eigenvalue weighted by atomic mass is 10.2. The normalized spacial score (nSPS) is 12.1. The van der Waals surface area contributed by atoms with Crippen LogP contribution in [0.2, 0.25) is 0 Å². The van der Waals surface area contributed by atoms with Crippen LogP contribution in [0.25, 0.3) is 5.78 Å². The summed E-state index contributed by atoms with van der Waals surface area (Å²) in [4.78, 5) is 34.8. The van der Waals surface area contributed by atoms with Gasteiger partial charge >= 0.3 is 0 Å². The van der Waals surface area contributed by atoms with Crippen LogP contribution in [0.4, 0.5) is 5.69 Å². The molecule has 0 saturated carbocycles. The van der Waals surface area contributed by atoms with Crippen LogP contribution in [-0.2, 0) is 10.5 Å². The van der Waals surface area contributed by atoms with E-state index >= 15 is 0 Å². The molecule has 8 nitrogen and oxygen atoms in total. The Morgan fingerprint density at radius 3 is 2.47 bits per heavy atom. The van der Waals surface area contributed by atoms with E-state index in [-0.39, 0.29) is 17.5 Å². The topological polar surface area (TPSA) is 90.5 Å². The Balaban J connectivity index is 1.34. The highest BCUT2D eigenvalue weighted by molar-refractivity contribution is 7.98. The minimum atomic E-state index is -0.629. The first kappa shape index (κ1) is 23.6. The molecule has 0 saturated heterocycles. The molecule has 1 amide bonds. The second-order valence-corrected chi connectivity index (χ2v) is 9.34. The van der Waals surface area contributed by atoms with Crippen molar-refractivity contribution in [1.82, 2.24) is 19.2 Å². The molecule has 4 aromatic rings. The summed E-state index contributed by atoms with van der Waals surface area (Å²) in [5.41, 5.74) is 2.34. The van der Waals surface area contributed by atoms with Crippen molar-refractivity contribution in [1.29, 1.82) is 0 Å². The van der Waals surface area contributed by atoms with Crippen molar-refractivity contribution in [2.45, 2.75) is 50.5 Å². The smallest absolute Gasteiger partial charge is 0.274 e. The molecular formula is C25H27N5O3S. The lowest BCUT2D eigenvalue weighted by molar-refractivity contribution is -0.122. The van der Waals surface area contributed by atoms with Gasteiger partial charge in [0.15, 0.2) is 6.10 Å². The van der Waals surface area contributed by atoms with Gasteiger partial charge in [0.1, 0.15) is 12.1 Å². The predicted octanol–water partition coefficient (Wildman–Crippen LogP) is 4.48. The van der Waals surface area contributed by atoms with Gasteiger partial charge in [-0.3, -0.25) is 14.3 Å². The molecule has 0 aliphatic heterocycles. The number of thioether (sulfide) groups is 1. The molecule has 0 aliphatic carbocycles. The third kappa shape index (κ3) is 5.48.